The minimum atomic E-state index is 0.0260. The van der Waals surface area contributed by atoms with Gasteiger partial charge in [-0.15, -0.1) is 11.8 Å². The Balaban J connectivity index is 2.41. The fourth-order valence-electron chi connectivity index (χ4n) is 2.16. The largest absolute Gasteiger partial charge is 0.399 e. The van der Waals surface area contributed by atoms with Crippen LogP contribution in [0.1, 0.15) is 27.2 Å². The number of benzene rings is 1. The second-order valence-corrected chi connectivity index (χ2v) is 6.33. The first kappa shape index (κ1) is 13.3. The molecule has 0 radical (unpaired) electrons. The van der Waals surface area contributed by atoms with Crippen molar-refractivity contribution >= 4 is 29.0 Å². The lowest BCUT2D eigenvalue weighted by Crippen LogP contribution is -2.42. The van der Waals surface area contributed by atoms with Gasteiger partial charge in [0.15, 0.2) is 0 Å². The SMILES string of the molecule is CCC1Sc2cc(N)ccc2N(CC(C)C)C1=O. The van der Waals surface area contributed by atoms with E-state index < -0.39 is 0 Å². The number of carbonyl (C=O) groups excluding carboxylic acids is 1. The summed E-state index contributed by atoms with van der Waals surface area (Å²) in [5.74, 6) is 0.688. The standard InChI is InChI=1S/C14H20N2OS/c1-4-12-14(17)16(8-9(2)3)11-6-5-10(15)7-13(11)18-12/h5-7,9,12H,4,8,15H2,1-3H3. The normalized spacial score (nSPS) is 19.2. The molecule has 3 nitrogen and oxygen atoms in total. The molecule has 0 fully saturated rings. The van der Waals surface area contributed by atoms with Crippen LogP contribution in [0.25, 0.3) is 0 Å². The van der Waals surface area contributed by atoms with Crippen LogP contribution >= 0.6 is 11.8 Å². The fourth-order valence-corrected chi connectivity index (χ4v) is 3.36. The molecule has 0 aromatic heterocycles. The zero-order chi connectivity index (χ0) is 13.3. The van der Waals surface area contributed by atoms with E-state index in [9.17, 15) is 4.79 Å². The van der Waals surface area contributed by atoms with Gasteiger partial charge in [0.1, 0.15) is 0 Å². The monoisotopic (exact) mass is 264 g/mol. The van der Waals surface area contributed by atoms with Crippen molar-refractivity contribution in [3.05, 3.63) is 18.2 Å². The van der Waals surface area contributed by atoms with E-state index >= 15 is 0 Å². The van der Waals surface area contributed by atoms with Crippen molar-refractivity contribution in [1.82, 2.24) is 0 Å². The summed E-state index contributed by atoms with van der Waals surface area (Å²) in [5, 5.41) is 0.0260. The Kier molecular flexibility index (Phi) is 3.85. The van der Waals surface area contributed by atoms with Crippen LogP contribution in [0.5, 0.6) is 0 Å². The van der Waals surface area contributed by atoms with Crippen LogP contribution in [0.15, 0.2) is 23.1 Å². The number of hydrogen-bond donors (Lipinski definition) is 1. The highest BCUT2D eigenvalue weighted by Crippen LogP contribution is 2.41. The summed E-state index contributed by atoms with van der Waals surface area (Å²) in [6.45, 7) is 7.09. The number of rotatable bonds is 3. The van der Waals surface area contributed by atoms with Gasteiger partial charge in [-0.25, -0.2) is 0 Å². The van der Waals surface area contributed by atoms with Crippen molar-refractivity contribution in [1.29, 1.82) is 0 Å². The molecule has 18 heavy (non-hydrogen) atoms. The minimum absolute atomic E-state index is 0.0260. The summed E-state index contributed by atoms with van der Waals surface area (Å²) in [5.41, 5.74) is 7.60. The molecule has 4 heteroatoms. The molecule has 1 heterocycles. The number of hydrogen-bond acceptors (Lipinski definition) is 3. The maximum atomic E-state index is 12.4. The minimum Gasteiger partial charge on any atom is -0.399 e. The third-order valence-electron chi connectivity index (χ3n) is 3.00. The molecule has 1 aliphatic rings. The van der Waals surface area contributed by atoms with Crippen LogP contribution in [0.4, 0.5) is 11.4 Å². The number of thioether (sulfide) groups is 1. The van der Waals surface area contributed by atoms with Crippen LogP contribution in [0, 0.1) is 5.92 Å². The molecule has 1 unspecified atom stereocenters. The Morgan fingerprint density at radius 1 is 1.44 bits per heavy atom. The van der Waals surface area contributed by atoms with E-state index in [1.165, 1.54) is 0 Å². The van der Waals surface area contributed by atoms with Gasteiger partial charge in [0.2, 0.25) is 5.91 Å². The van der Waals surface area contributed by atoms with Gasteiger partial charge in [0, 0.05) is 17.1 Å². The first-order valence-electron chi connectivity index (χ1n) is 6.40. The van der Waals surface area contributed by atoms with Gasteiger partial charge < -0.3 is 10.6 Å². The Morgan fingerprint density at radius 3 is 2.78 bits per heavy atom. The van der Waals surface area contributed by atoms with Crippen molar-refractivity contribution in [3.8, 4) is 0 Å². The van der Waals surface area contributed by atoms with Crippen molar-refractivity contribution in [2.75, 3.05) is 17.2 Å². The van der Waals surface area contributed by atoms with E-state index in [0.717, 1.165) is 29.2 Å². The second kappa shape index (κ2) is 5.22. The maximum Gasteiger partial charge on any atom is 0.240 e. The molecule has 1 atom stereocenters. The topological polar surface area (TPSA) is 46.3 Å². The molecule has 98 valence electrons. The highest BCUT2D eigenvalue weighted by atomic mass is 32.2. The third-order valence-corrected chi connectivity index (χ3v) is 4.40. The number of fused-ring (bicyclic) bond motifs is 1. The van der Waals surface area contributed by atoms with Crippen LogP contribution < -0.4 is 10.6 Å². The van der Waals surface area contributed by atoms with Gasteiger partial charge in [0.05, 0.1) is 10.9 Å². The molecule has 1 aliphatic heterocycles. The highest BCUT2D eigenvalue weighted by molar-refractivity contribution is 8.01. The molecule has 0 bridgehead atoms. The second-order valence-electron chi connectivity index (χ2n) is 5.08. The summed E-state index contributed by atoms with van der Waals surface area (Å²) >= 11 is 1.64. The lowest BCUT2D eigenvalue weighted by Gasteiger charge is -2.34. The Hall–Kier alpha value is -1.16. The molecule has 0 saturated heterocycles. The molecule has 2 rings (SSSR count). The van der Waals surface area contributed by atoms with E-state index in [4.69, 9.17) is 5.73 Å². The lowest BCUT2D eigenvalue weighted by atomic mass is 10.1. The number of nitrogen functional groups attached to an aromatic ring is 1. The molecule has 0 aliphatic carbocycles. The molecule has 0 saturated carbocycles. The fraction of sp³-hybridized carbons (Fsp3) is 0.500. The zero-order valence-electron chi connectivity index (χ0n) is 11.1. The molecule has 1 amide bonds. The number of nitrogens with zero attached hydrogens (tertiary/aromatic N) is 1. The summed E-state index contributed by atoms with van der Waals surface area (Å²) in [7, 11) is 0. The predicted octanol–water partition coefficient (Wildman–Crippen LogP) is 3.14. The van der Waals surface area contributed by atoms with Gasteiger partial charge in [-0.1, -0.05) is 20.8 Å². The first-order chi connectivity index (χ1) is 8.52. The van der Waals surface area contributed by atoms with Gasteiger partial charge >= 0.3 is 0 Å². The Morgan fingerprint density at radius 2 is 2.17 bits per heavy atom. The Bertz CT molecular complexity index is 459. The summed E-state index contributed by atoms with van der Waals surface area (Å²) in [6, 6.07) is 5.80. The molecule has 1 aromatic carbocycles. The zero-order valence-corrected chi connectivity index (χ0v) is 12.0. The van der Waals surface area contributed by atoms with Crippen LogP contribution in [0.2, 0.25) is 0 Å². The van der Waals surface area contributed by atoms with Gasteiger partial charge in [0.25, 0.3) is 0 Å². The number of amides is 1. The number of anilines is 2. The van der Waals surface area contributed by atoms with Gasteiger partial charge in [-0.2, -0.15) is 0 Å². The van der Waals surface area contributed by atoms with Crippen LogP contribution in [-0.4, -0.2) is 17.7 Å². The summed E-state index contributed by atoms with van der Waals surface area (Å²) in [4.78, 5) is 15.5. The first-order valence-corrected chi connectivity index (χ1v) is 7.28. The van der Waals surface area contributed by atoms with Crippen molar-refractivity contribution in [2.24, 2.45) is 5.92 Å². The Labute approximate surface area is 113 Å². The predicted molar refractivity (Wildman–Crippen MR) is 78.0 cm³/mol. The average Bonchev–Trinajstić information content (AvgIpc) is 2.31. The highest BCUT2D eigenvalue weighted by Gasteiger charge is 2.32. The van der Waals surface area contributed by atoms with E-state index in [-0.39, 0.29) is 11.2 Å². The molecular weight excluding hydrogens is 244 g/mol. The summed E-state index contributed by atoms with van der Waals surface area (Å²) in [6.07, 6.45) is 0.854. The third kappa shape index (κ3) is 2.48. The van der Waals surface area contributed by atoms with Gasteiger partial charge in [-0.05, 0) is 30.5 Å². The van der Waals surface area contributed by atoms with E-state index in [2.05, 4.69) is 20.8 Å². The number of carbonyl (C=O) groups is 1. The van der Waals surface area contributed by atoms with Gasteiger partial charge in [-0.3, -0.25) is 4.79 Å². The quantitative estimate of drug-likeness (QED) is 0.853. The van der Waals surface area contributed by atoms with Crippen LogP contribution in [0.3, 0.4) is 0 Å². The lowest BCUT2D eigenvalue weighted by molar-refractivity contribution is -0.118. The van der Waals surface area contributed by atoms with E-state index in [1.54, 1.807) is 11.8 Å². The molecule has 0 spiro atoms. The van der Waals surface area contributed by atoms with Crippen LogP contribution in [-0.2, 0) is 4.79 Å². The summed E-state index contributed by atoms with van der Waals surface area (Å²) < 4.78 is 0. The average molecular weight is 264 g/mol. The number of nitrogens with two attached hydrogens (primary N) is 1. The van der Waals surface area contributed by atoms with E-state index in [1.807, 2.05) is 23.1 Å². The smallest absolute Gasteiger partial charge is 0.240 e. The van der Waals surface area contributed by atoms with Crippen molar-refractivity contribution in [2.45, 2.75) is 37.3 Å². The van der Waals surface area contributed by atoms with Crippen molar-refractivity contribution in [3.63, 3.8) is 0 Å². The molecular formula is C14H20N2OS. The van der Waals surface area contributed by atoms with E-state index in [0.29, 0.717) is 5.92 Å². The molecule has 1 aromatic rings. The molecule has 2 N–H and O–H groups in total. The van der Waals surface area contributed by atoms with Crippen molar-refractivity contribution < 1.29 is 4.79 Å². The maximum absolute atomic E-state index is 12.4.